The Morgan fingerprint density at radius 2 is 1.95 bits per heavy atom. The predicted octanol–water partition coefficient (Wildman–Crippen LogP) is 2.51. The Hall–Kier alpha value is -1.62. The van der Waals surface area contributed by atoms with Crippen LogP contribution in [-0.4, -0.2) is 39.9 Å². The molecule has 0 aromatic heterocycles. The van der Waals surface area contributed by atoms with Gasteiger partial charge in [0.15, 0.2) is 0 Å². The lowest BCUT2D eigenvalue weighted by Gasteiger charge is -2.49. The van der Waals surface area contributed by atoms with Crippen LogP contribution in [-0.2, 0) is 6.42 Å². The van der Waals surface area contributed by atoms with E-state index in [-0.39, 0.29) is 5.82 Å². The molecule has 5 heteroatoms. The molecule has 0 spiro atoms. The van der Waals surface area contributed by atoms with E-state index >= 15 is 0 Å². The van der Waals surface area contributed by atoms with E-state index < -0.39 is 17.1 Å². The summed E-state index contributed by atoms with van der Waals surface area (Å²) in [6.45, 7) is 4.34. The normalized spacial score (nSPS) is 25.5. The molecule has 4 nitrogen and oxygen atoms in total. The molecule has 1 unspecified atom stereocenters. The van der Waals surface area contributed by atoms with Crippen molar-refractivity contribution in [3.05, 3.63) is 35.6 Å². The molecule has 1 aliphatic rings. The number of halogens is 1. The van der Waals surface area contributed by atoms with Gasteiger partial charge in [-0.1, -0.05) is 26.0 Å². The van der Waals surface area contributed by atoms with Crippen LogP contribution >= 0.6 is 0 Å². The van der Waals surface area contributed by atoms with Crippen molar-refractivity contribution in [1.82, 2.24) is 4.90 Å². The minimum atomic E-state index is -0.989. The highest BCUT2D eigenvalue weighted by molar-refractivity contribution is 5.65. The van der Waals surface area contributed by atoms with E-state index in [1.807, 2.05) is 13.8 Å². The second kappa shape index (κ2) is 5.05. The van der Waals surface area contributed by atoms with Crippen LogP contribution in [0.2, 0.25) is 0 Å². The third kappa shape index (κ3) is 2.77. The molecule has 1 amide bonds. The van der Waals surface area contributed by atoms with E-state index in [4.69, 9.17) is 5.11 Å². The van der Waals surface area contributed by atoms with Gasteiger partial charge in [-0.25, -0.2) is 9.18 Å². The van der Waals surface area contributed by atoms with Crippen LogP contribution in [0.5, 0.6) is 0 Å². The van der Waals surface area contributed by atoms with E-state index in [2.05, 4.69) is 0 Å². The summed E-state index contributed by atoms with van der Waals surface area (Å²) in [7, 11) is 0. The summed E-state index contributed by atoms with van der Waals surface area (Å²) in [5, 5.41) is 20.0. The summed E-state index contributed by atoms with van der Waals surface area (Å²) in [6, 6.07) is 6.07. The van der Waals surface area contributed by atoms with Crippen LogP contribution in [0.1, 0.15) is 25.8 Å². The van der Waals surface area contributed by atoms with Gasteiger partial charge >= 0.3 is 6.09 Å². The summed E-state index contributed by atoms with van der Waals surface area (Å²) >= 11 is 0. The highest BCUT2D eigenvalue weighted by Crippen LogP contribution is 2.40. The average Bonchev–Trinajstić information content (AvgIpc) is 2.35. The minimum Gasteiger partial charge on any atom is -0.465 e. The van der Waals surface area contributed by atoms with Crippen molar-refractivity contribution in [2.75, 3.05) is 13.1 Å². The molecule has 1 saturated heterocycles. The average molecular weight is 281 g/mol. The number of amides is 1. The van der Waals surface area contributed by atoms with Crippen LogP contribution in [0, 0.1) is 11.2 Å². The Balaban J connectivity index is 2.17. The Morgan fingerprint density at radius 1 is 1.35 bits per heavy atom. The van der Waals surface area contributed by atoms with Gasteiger partial charge in [-0.05, 0) is 24.1 Å². The minimum absolute atomic E-state index is 0.292. The second-order valence-electron chi connectivity index (χ2n) is 6.17. The topological polar surface area (TPSA) is 60.8 Å². The molecule has 20 heavy (non-hydrogen) atoms. The van der Waals surface area contributed by atoms with Crippen LogP contribution in [0.15, 0.2) is 24.3 Å². The van der Waals surface area contributed by atoms with Crippen molar-refractivity contribution in [2.24, 2.45) is 5.41 Å². The monoisotopic (exact) mass is 281 g/mol. The van der Waals surface area contributed by atoms with Gasteiger partial charge in [-0.15, -0.1) is 0 Å². The van der Waals surface area contributed by atoms with Gasteiger partial charge in [0.1, 0.15) is 5.82 Å². The summed E-state index contributed by atoms with van der Waals surface area (Å²) in [6.07, 6.45) is -0.181. The maximum atomic E-state index is 12.9. The van der Waals surface area contributed by atoms with E-state index in [1.165, 1.54) is 17.0 Å². The number of aliphatic hydroxyl groups is 1. The molecule has 2 rings (SSSR count). The molecule has 1 atom stereocenters. The van der Waals surface area contributed by atoms with Crippen molar-refractivity contribution < 1.29 is 19.4 Å². The number of carbonyl (C=O) groups is 1. The Kier molecular flexibility index (Phi) is 3.73. The number of piperidine rings is 1. The van der Waals surface area contributed by atoms with E-state index in [0.29, 0.717) is 25.9 Å². The molecule has 1 fully saturated rings. The molecule has 1 aliphatic heterocycles. The molecule has 0 radical (unpaired) electrons. The van der Waals surface area contributed by atoms with Gasteiger partial charge in [0.25, 0.3) is 0 Å². The number of likely N-dealkylation sites (tertiary alicyclic amines) is 1. The third-order valence-electron chi connectivity index (χ3n) is 4.32. The third-order valence-corrected chi connectivity index (χ3v) is 4.32. The highest BCUT2D eigenvalue weighted by Gasteiger charge is 2.48. The zero-order valence-corrected chi connectivity index (χ0v) is 11.8. The zero-order chi connectivity index (χ0) is 15.0. The molecule has 1 aromatic rings. The van der Waals surface area contributed by atoms with Crippen LogP contribution in [0.25, 0.3) is 0 Å². The lowest BCUT2D eigenvalue weighted by atomic mass is 9.67. The number of carboxylic acid groups (broad SMARTS) is 1. The Morgan fingerprint density at radius 3 is 2.45 bits per heavy atom. The number of rotatable bonds is 2. The van der Waals surface area contributed by atoms with Crippen molar-refractivity contribution in [3.63, 3.8) is 0 Å². The summed E-state index contributed by atoms with van der Waals surface area (Å²) in [4.78, 5) is 12.4. The lowest BCUT2D eigenvalue weighted by Crippen LogP contribution is -2.59. The fourth-order valence-electron chi connectivity index (χ4n) is 2.79. The fourth-order valence-corrected chi connectivity index (χ4v) is 2.79. The standard InChI is InChI=1S/C15H20FNO3/c1-14(2)10-17(13(18)19)8-7-15(14,20)9-11-3-5-12(16)6-4-11/h3-6,20H,7-10H2,1-2H3,(H,18,19). The van der Waals surface area contributed by atoms with Crippen LogP contribution in [0.4, 0.5) is 9.18 Å². The number of benzene rings is 1. The first kappa shape index (κ1) is 14.8. The predicted molar refractivity (Wildman–Crippen MR) is 73.0 cm³/mol. The molecule has 1 aromatic carbocycles. The fraction of sp³-hybridized carbons (Fsp3) is 0.533. The van der Waals surface area contributed by atoms with E-state index in [1.54, 1.807) is 12.1 Å². The first-order valence-corrected chi connectivity index (χ1v) is 6.68. The van der Waals surface area contributed by atoms with Crippen LogP contribution in [0.3, 0.4) is 0 Å². The van der Waals surface area contributed by atoms with Crippen molar-refractivity contribution in [2.45, 2.75) is 32.3 Å². The first-order chi connectivity index (χ1) is 9.23. The maximum absolute atomic E-state index is 12.9. The van der Waals surface area contributed by atoms with Crippen molar-refractivity contribution >= 4 is 6.09 Å². The lowest BCUT2D eigenvalue weighted by molar-refractivity contribution is -0.112. The largest absolute Gasteiger partial charge is 0.465 e. The summed E-state index contributed by atoms with van der Waals surface area (Å²) < 4.78 is 12.9. The molecular weight excluding hydrogens is 261 g/mol. The van der Waals surface area contributed by atoms with E-state index in [9.17, 15) is 14.3 Å². The number of hydrogen-bond acceptors (Lipinski definition) is 2. The van der Waals surface area contributed by atoms with Gasteiger partial charge < -0.3 is 15.1 Å². The molecule has 0 saturated carbocycles. The van der Waals surface area contributed by atoms with Gasteiger partial charge in [0, 0.05) is 24.9 Å². The second-order valence-corrected chi connectivity index (χ2v) is 6.17. The Bertz CT molecular complexity index is 500. The Labute approximate surface area is 117 Å². The number of nitrogens with zero attached hydrogens (tertiary/aromatic N) is 1. The molecular formula is C15H20FNO3. The first-order valence-electron chi connectivity index (χ1n) is 6.68. The molecule has 110 valence electrons. The zero-order valence-electron chi connectivity index (χ0n) is 11.8. The summed E-state index contributed by atoms with van der Waals surface area (Å²) in [5.74, 6) is -0.305. The maximum Gasteiger partial charge on any atom is 0.407 e. The van der Waals surface area contributed by atoms with Gasteiger partial charge in [0.05, 0.1) is 5.60 Å². The molecule has 0 bridgehead atoms. The molecule has 2 N–H and O–H groups in total. The highest BCUT2D eigenvalue weighted by atomic mass is 19.1. The summed E-state index contributed by atoms with van der Waals surface area (Å²) in [5.41, 5.74) is -0.694. The molecule has 0 aliphatic carbocycles. The van der Waals surface area contributed by atoms with Gasteiger partial charge in [-0.3, -0.25) is 0 Å². The smallest absolute Gasteiger partial charge is 0.407 e. The van der Waals surface area contributed by atoms with Crippen molar-refractivity contribution in [1.29, 1.82) is 0 Å². The van der Waals surface area contributed by atoms with E-state index in [0.717, 1.165) is 5.56 Å². The molecule has 1 heterocycles. The van der Waals surface area contributed by atoms with Gasteiger partial charge in [0.2, 0.25) is 0 Å². The SMILES string of the molecule is CC1(C)CN(C(=O)O)CCC1(O)Cc1ccc(F)cc1. The van der Waals surface area contributed by atoms with Gasteiger partial charge in [-0.2, -0.15) is 0 Å². The van der Waals surface area contributed by atoms with Crippen LogP contribution < -0.4 is 0 Å². The number of hydrogen-bond donors (Lipinski definition) is 2. The quantitative estimate of drug-likeness (QED) is 0.875. The van der Waals surface area contributed by atoms with Crippen molar-refractivity contribution in [3.8, 4) is 0 Å².